The van der Waals surface area contributed by atoms with Crippen molar-refractivity contribution in [1.82, 2.24) is 0 Å². The molecule has 0 saturated heterocycles. The van der Waals surface area contributed by atoms with E-state index in [0.29, 0.717) is 24.7 Å². The monoisotopic (exact) mass is 586 g/mol. The largest absolute Gasteiger partial charge is 0.464 e. The number of rotatable bonds is 7. The van der Waals surface area contributed by atoms with E-state index in [1.54, 1.807) is 13.8 Å². The van der Waals surface area contributed by atoms with Crippen molar-refractivity contribution in [3.05, 3.63) is 0 Å². The number of hydrogen-bond donors (Lipinski definition) is 0. The topological polar surface area (TPSA) is 121 Å². The predicted molar refractivity (Wildman–Crippen MR) is 155 cm³/mol. The van der Waals surface area contributed by atoms with Crippen LogP contribution in [-0.2, 0) is 38.2 Å². The van der Waals surface area contributed by atoms with Crippen LogP contribution >= 0.6 is 0 Å². The third-order valence-corrected chi connectivity index (χ3v) is 12.9. The molecule has 4 fully saturated rings. The van der Waals surface area contributed by atoms with Gasteiger partial charge in [0, 0.05) is 31.1 Å². The van der Waals surface area contributed by atoms with Crippen LogP contribution in [0.2, 0.25) is 0 Å². The SMILES string of the molecule is CC(=O)OC[C@@]1(C(=O)C(=O)C(=O)C(C)C)CC[C@]2(C)[C@H](CC[C@@H]3[C@@]4(C)CC[C@H](OC(C)=O)C(C)(C)[C@@H]4CC[C@]32C)C1=O. The zero-order valence-electron chi connectivity index (χ0n) is 27.0. The standard InChI is InChI=1S/C34H50O8/c1-19(2)26(37)27(38)29(40)34(18-41-20(3)35)17-16-32(8)22(28(34)39)10-11-24-31(7)14-13-25(42-21(4)36)30(5,6)23(31)12-15-33(24,32)9/h19,22-25H,10-18H2,1-9H3/t22-,23+,24-,25+,31+,32-,33-,34+/m1/s1. The van der Waals surface area contributed by atoms with Crippen LogP contribution in [0.15, 0.2) is 0 Å². The highest BCUT2D eigenvalue weighted by atomic mass is 16.5. The summed E-state index contributed by atoms with van der Waals surface area (Å²) >= 11 is 0. The Morgan fingerprint density at radius 3 is 2.00 bits per heavy atom. The Kier molecular flexibility index (Phi) is 8.25. The maximum Gasteiger partial charge on any atom is 0.302 e. The molecule has 0 aliphatic heterocycles. The molecule has 8 heteroatoms. The molecular weight excluding hydrogens is 536 g/mol. The summed E-state index contributed by atoms with van der Waals surface area (Å²) in [5.41, 5.74) is -2.65. The first kappa shape index (κ1) is 32.5. The van der Waals surface area contributed by atoms with Crippen molar-refractivity contribution in [2.75, 3.05) is 6.61 Å². The van der Waals surface area contributed by atoms with Crippen molar-refractivity contribution < 1.29 is 38.2 Å². The second kappa shape index (κ2) is 10.7. The van der Waals surface area contributed by atoms with Crippen LogP contribution in [0.25, 0.3) is 0 Å². The van der Waals surface area contributed by atoms with Crippen molar-refractivity contribution in [3.63, 3.8) is 0 Å². The van der Waals surface area contributed by atoms with Gasteiger partial charge in [0.05, 0.1) is 0 Å². The van der Waals surface area contributed by atoms with Gasteiger partial charge in [-0.25, -0.2) is 0 Å². The van der Waals surface area contributed by atoms with E-state index in [4.69, 9.17) is 9.47 Å². The van der Waals surface area contributed by atoms with Crippen LogP contribution in [0.3, 0.4) is 0 Å². The minimum Gasteiger partial charge on any atom is -0.464 e. The minimum absolute atomic E-state index is 0.00801. The summed E-state index contributed by atoms with van der Waals surface area (Å²) in [6.07, 6.45) is 5.45. The number of carbonyl (C=O) groups excluding carboxylic acids is 6. The van der Waals surface area contributed by atoms with Crippen molar-refractivity contribution in [2.45, 2.75) is 120 Å². The molecule has 0 aromatic carbocycles. The van der Waals surface area contributed by atoms with Crippen LogP contribution in [0, 0.1) is 50.7 Å². The Morgan fingerprint density at radius 2 is 1.43 bits per heavy atom. The average molecular weight is 587 g/mol. The molecular formula is C34H50O8. The lowest BCUT2D eigenvalue weighted by atomic mass is 9.33. The van der Waals surface area contributed by atoms with Gasteiger partial charge in [0.15, 0.2) is 5.78 Å². The third kappa shape index (κ3) is 4.61. The number of carbonyl (C=O) groups is 6. The highest BCUT2D eigenvalue weighted by molar-refractivity contribution is 6.66. The molecule has 4 saturated carbocycles. The van der Waals surface area contributed by atoms with Crippen LogP contribution in [0.4, 0.5) is 0 Å². The lowest BCUT2D eigenvalue weighted by Gasteiger charge is -2.71. The number of ketones is 4. The Morgan fingerprint density at radius 1 is 0.786 bits per heavy atom. The van der Waals surface area contributed by atoms with Gasteiger partial charge in [-0.15, -0.1) is 0 Å². The molecule has 0 amide bonds. The number of hydrogen-bond acceptors (Lipinski definition) is 8. The van der Waals surface area contributed by atoms with Crippen LogP contribution < -0.4 is 0 Å². The fourth-order valence-corrected chi connectivity index (χ4v) is 10.4. The summed E-state index contributed by atoms with van der Waals surface area (Å²) < 4.78 is 11.1. The molecule has 0 aromatic heterocycles. The lowest BCUT2D eigenvalue weighted by Crippen LogP contribution is -2.68. The van der Waals surface area contributed by atoms with Crippen molar-refractivity contribution in [2.24, 2.45) is 50.7 Å². The molecule has 0 radical (unpaired) electrons. The summed E-state index contributed by atoms with van der Waals surface area (Å²) in [6.45, 7) is 16.6. The highest BCUT2D eigenvalue weighted by Gasteiger charge is 2.71. The molecule has 234 valence electrons. The maximum absolute atomic E-state index is 14.5. The zero-order valence-corrected chi connectivity index (χ0v) is 27.0. The predicted octanol–water partition coefficient (Wildman–Crippen LogP) is 5.47. The lowest BCUT2D eigenvalue weighted by molar-refractivity contribution is -0.236. The molecule has 8 nitrogen and oxygen atoms in total. The Balaban J connectivity index is 1.70. The molecule has 0 spiro atoms. The maximum atomic E-state index is 14.5. The molecule has 4 rings (SSSR count). The number of ether oxygens (including phenoxy) is 2. The average Bonchev–Trinajstić information content (AvgIpc) is 2.89. The van der Waals surface area contributed by atoms with Crippen LogP contribution in [-0.4, -0.2) is 47.8 Å². The van der Waals surface area contributed by atoms with Gasteiger partial charge in [0.2, 0.25) is 11.6 Å². The smallest absolute Gasteiger partial charge is 0.302 e. The zero-order chi connectivity index (χ0) is 31.6. The van der Waals surface area contributed by atoms with Crippen molar-refractivity contribution >= 4 is 35.1 Å². The Hall–Kier alpha value is -2.38. The van der Waals surface area contributed by atoms with E-state index in [9.17, 15) is 28.8 Å². The van der Waals surface area contributed by atoms with E-state index >= 15 is 0 Å². The molecule has 8 atom stereocenters. The quantitative estimate of drug-likeness (QED) is 0.219. The first-order valence-corrected chi connectivity index (χ1v) is 15.8. The number of Topliss-reactive ketones (excluding diaryl/α,β-unsaturated/α-hetero) is 4. The minimum atomic E-state index is -1.83. The van der Waals surface area contributed by atoms with Gasteiger partial charge in [0.1, 0.15) is 18.1 Å². The molecule has 0 bridgehead atoms. The molecule has 0 heterocycles. The van der Waals surface area contributed by atoms with E-state index < -0.39 is 52.6 Å². The molecule has 0 aromatic rings. The second-order valence-corrected chi connectivity index (χ2v) is 15.5. The highest BCUT2D eigenvalue weighted by Crippen LogP contribution is 2.74. The summed E-state index contributed by atoms with van der Waals surface area (Å²) in [4.78, 5) is 77.6. The van der Waals surface area contributed by atoms with Gasteiger partial charge >= 0.3 is 11.9 Å². The molecule has 0 N–H and O–H groups in total. The first-order valence-electron chi connectivity index (χ1n) is 15.8. The summed E-state index contributed by atoms with van der Waals surface area (Å²) in [5, 5.41) is 0. The summed E-state index contributed by atoms with van der Waals surface area (Å²) in [6, 6.07) is 0. The van der Waals surface area contributed by atoms with Gasteiger partial charge in [0.25, 0.3) is 5.78 Å². The molecule has 42 heavy (non-hydrogen) atoms. The van der Waals surface area contributed by atoms with E-state index in [-0.39, 0.29) is 40.5 Å². The molecule has 0 unspecified atom stereocenters. The summed E-state index contributed by atoms with van der Waals surface area (Å²) in [7, 11) is 0. The van der Waals surface area contributed by atoms with Gasteiger partial charge in [-0.2, -0.15) is 0 Å². The van der Waals surface area contributed by atoms with Crippen LogP contribution in [0.5, 0.6) is 0 Å². The number of esters is 2. The van der Waals surface area contributed by atoms with E-state index in [0.717, 1.165) is 32.1 Å². The Labute approximate surface area is 250 Å². The van der Waals surface area contributed by atoms with Crippen molar-refractivity contribution in [3.8, 4) is 0 Å². The third-order valence-electron chi connectivity index (χ3n) is 12.9. The first-order chi connectivity index (χ1) is 19.3. The fraction of sp³-hybridized carbons (Fsp3) is 0.824. The Bertz CT molecular complexity index is 1200. The normalized spacial score (nSPS) is 40.7. The van der Waals surface area contributed by atoms with E-state index in [2.05, 4.69) is 34.6 Å². The fourth-order valence-electron chi connectivity index (χ4n) is 10.4. The number of fused-ring (bicyclic) bond motifs is 5. The van der Waals surface area contributed by atoms with Gasteiger partial charge < -0.3 is 9.47 Å². The van der Waals surface area contributed by atoms with Gasteiger partial charge in [-0.05, 0) is 79.4 Å². The molecule has 4 aliphatic rings. The second-order valence-electron chi connectivity index (χ2n) is 15.5. The van der Waals surface area contributed by atoms with E-state index in [1.807, 2.05) is 0 Å². The molecule has 4 aliphatic carbocycles. The van der Waals surface area contributed by atoms with Crippen LogP contribution in [0.1, 0.15) is 114 Å². The van der Waals surface area contributed by atoms with Gasteiger partial charge in [-0.1, -0.05) is 48.5 Å². The summed E-state index contributed by atoms with van der Waals surface area (Å²) in [5.74, 6) is -4.74. The van der Waals surface area contributed by atoms with Crippen molar-refractivity contribution in [1.29, 1.82) is 0 Å². The van der Waals surface area contributed by atoms with E-state index in [1.165, 1.54) is 13.8 Å². The van der Waals surface area contributed by atoms with Gasteiger partial charge in [-0.3, -0.25) is 28.8 Å².